The van der Waals surface area contributed by atoms with Crippen LogP contribution in [0, 0.1) is 0 Å². The topological polar surface area (TPSA) is 87.7 Å². The van der Waals surface area contributed by atoms with Gasteiger partial charge in [-0.15, -0.1) is 0 Å². The first-order chi connectivity index (χ1) is 5.05. The van der Waals surface area contributed by atoms with Crippen molar-refractivity contribution in [3.8, 4) is 0 Å². The molecular weight excluding hydrogens is 171 g/mol. The van der Waals surface area contributed by atoms with Crippen LogP contribution in [0.15, 0.2) is 16.7 Å². The highest BCUT2D eigenvalue weighted by molar-refractivity contribution is 7.60. The predicted octanol–water partition coefficient (Wildman–Crippen LogP) is -0.105. The summed E-state index contributed by atoms with van der Waals surface area (Å²) in [5.41, 5.74) is -0.689. The second kappa shape index (κ2) is 2.62. The quantitative estimate of drug-likeness (QED) is 0.485. The molecule has 0 atom stereocenters. The molecule has 0 radical (unpaired) electrons. The first-order valence-electron chi connectivity index (χ1n) is 2.64. The smallest absolute Gasteiger partial charge is 0.391 e. The standard InChI is InChI=1S/C5H5O5P/c6-3-4-1-2-10-5(4)11(7,8)9/h1-3H,(H2,7,8,9). The molecule has 0 aromatic carbocycles. The number of carbonyl (C=O) groups is 1. The fourth-order valence-corrected chi connectivity index (χ4v) is 1.30. The van der Waals surface area contributed by atoms with Gasteiger partial charge in [-0.05, 0) is 6.07 Å². The highest BCUT2D eigenvalue weighted by atomic mass is 31.2. The molecule has 1 heterocycles. The molecule has 0 saturated heterocycles. The van der Waals surface area contributed by atoms with Gasteiger partial charge in [0.25, 0.3) is 0 Å². The maximum absolute atomic E-state index is 10.5. The molecule has 0 amide bonds. The van der Waals surface area contributed by atoms with Crippen molar-refractivity contribution in [3.63, 3.8) is 0 Å². The molecule has 0 saturated carbocycles. The third-order valence-corrected chi connectivity index (χ3v) is 1.96. The highest BCUT2D eigenvalue weighted by Crippen LogP contribution is 2.34. The van der Waals surface area contributed by atoms with E-state index in [9.17, 15) is 9.36 Å². The third kappa shape index (κ3) is 1.57. The Hall–Kier alpha value is -0.900. The van der Waals surface area contributed by atoms with Crippen molar-refractivity contribution in [3.05, 3.63) is 17.9 Å². The van der Waals surface area contributed by atoms with Crippen molar-refractivity contribution in [2.24, 2.45) is 0 Å². The van der Waals surface area contributed by atoms with E-state index in [1.807, 2.05) is 0 Å². The van der Waals surface area contributed by atoms with Crippen LogP contribution in [0.25, 0.3) is 0 Å². The average molecular weight is 176 g/mol. The zero-order valence-corrected chi connectivity index (χ0v) is 6.19. The lowest BCUT2D eigenvalue weighted by molar-refractivity contribution is 0.112. The summed E-state index contributed by atoms with van der Waals surface area (Å²) in [6.45, 7) is 0. The van der Waals surface area contributed by atoms with Gasteiger partial charge in [-0.1, -0.05) is 0 Å². The van der Waals surface area contributed by atoms with Gasteiger partial charge in [-0.2, -0.15) is 0 Å². The van der Waals surface area contributed by atoms with E-state index in [1.54, 1.807) is 0 Å². The summed E-state index contributed by atoms with van der Waals surface area (Å²) >= 11 is 0. The summed E-state index contributed by atoms with van der Waals surface area (Å²) in [7, 11) is -4.42. The molecule has 0 aliphatic heterocycles. The van der Waals surface area contributed by atoms with E-state index in [0.717, 1.165) is 6.26 Å². The van der Waals surface area contributed by atoms with Gasteiger partial charge in [0.2, 0.25) is 5.50 Å². The molecule has 5 nitrogen and oxygen atoms in total. The maximum atomic E-state index is 10.5. The van der Waals surface area contributed by atoms with Crippen LogP contribution in [0.3, 0.4) is 0 Å². The lowest BCUT2D eigenvalue weighted by Crippen LogP contribution is -2.05. The first-order valence-corrected chi connectivity index (χ1v) is 4.25. The molecule has 0 fully saturated rings. The summed E-state index contributed by atoms with van der Waals surface area (Å²) in [4.78, 5) is 27.2. The van der Waals surface area contributed by atoms with Crippen LogP contribution in [-0.4, -0.2) is 16.1 Å². The summed E-state index contributed by atoms with van der Waals surface area (Å²) in [6.07, 6.45) is 1.38. The Morgan fingerprint density at radius 1 is 1.55 bits per heavy atom. The molecule has 60 valence electrons. The minimum atomic E-state index is -4.42. The molecule has 1 aromatic rings. The Labute approximate surface area is 61.8 Å². The highest BCUT2D eigenvalue weighted by Gasteiger charge is 2.24. The number of furan rings is 1. The third-order valence-electron chi connectivity index (χ3n) is 1.07. The number of aldehydes is 1. The molecule has 1 aromatic heterocycles. The van der Waals surface area contributed by atoms with Gasteiger partial charge in [0.1, 0.15) is 0 Å². The van der Waals surface area contributed by atoms with E-state index in [0.29, 0.717) is 6.29 Å². The molecule has 0 spiro atoms. The molecular formula is C5H5O5P. The number of carbonyl (C=O) groups excluding carboxylic acids is 1. The van der Waals surface area contributed by atoms with E-state index >= 15 is 0 Å². The van der Waals surface area contributed by atoms with Crippen LogP contribution in [0.5, 0.6) is 0 Å². The van der Waals surface area contributed by atoms with Gasteiger partial charge < -0.3 is 14.2 Å². The van der Waals surface area contributed by atoms with E-state index in [4.69, 9.17) is 9.79 Å². The summed E-state index contributed by atoms with van der Waals surface area (Å²) in [6, 6.07) is 1.20. The van der Waals surface area contributed by atoms with Crippen molar-refractivity contribution in [2.45, 2.75) is 0 Å². The molecule has 0 unspecified atom stereocenters. The largest absolute Gasteiger partial charge is 0.456 e. The Balaban J connectivity index is 3.23. The lowest BCUT2D eigenvalue weighted by Gasteiger charge is -1.97. The average Bonchev–Trinajstić information content (AvgIpc) is 2.31. The first kappa shape index (κ1) is 8.20. The van der Waals surface area contributed by atoms with Crippen LogP contribution in [0.1, 0.15) is 10.4 Å². The normalized spacial score (nSPS) is 11.5. The number of rotatable bonds is 2. The zero-order chi connectivity index (χ0) is 8.48. The molecule has 6 heteroatoms. The molecule has 0 aliphatic rings. The van der Waals surface area contributed by atoms with Crippen molar-refractivity contribution in [2.75, 3.05) is 0 Å². The number of hydrogen-bond acceptors (Lipinski definition) is 3. The predicted molar refractivity (Wildman–Crippen MR) is 35.8 cm³/mol. The molecule has 1 rings (SSSR count). The molecule has 0 bridgehead atoms. The maximum Gasteiger partial charge on any atom is 0.391 e. The van der Waals surface area contributed by atoms with Gasteiger partial charge in [0, 0.05) is 0 Å². The van der Waals surface area contributed by atoms with Gasteiger partial charge in [-0.3, -0.25) is 9.36 Å². The summed E-state index contributed by atoms with van der Waals surface area (Å²) in [5, 5.41) is 0. The Morgan fingerprint density at radius 2 is 2.18 bits per heavy atom. The van der Waals surface area contributed by atoms with Crippen molar-refractivity contribution < 1.29 is 23.6 Å². The monoisotopic (exact) mass is 176 g/mol. The second-order valence-electron chi connectivity index (χ2n) is 1.84. The van der Waals surface area contributed by atoms with Gasteiger partial charge in [-0.25, -0.2) is 0 Å². The SMILES string of the molecule is O=Cc1ccoc1P(=O)(O)O. The second-order valence-corrected chi connectivity index (χ2v) is 3.34. The number of hydrogen-bond donors (Lipinski definition) is 2. The van der Waals surface area contributed by atoms with E-state index in [1.165, 1.54) is 6.07 Å². The van der Waals surface area contributed by atoms with Crippen molar-refractivity contribution in [1.29, 1.82) is 0 Å². The van der Waals surface area contributed by atoms with Crippen molar-refractivity contribution in [1.82, 2.24) is 0 Å². The van der Waals surface area contributed by atoms with Gasteiger partial charge in [0.05, 0.1) is 11.8 Å². The van der Waals surface area contributed by atoms with E-state index in [-0.39, 0.29) is 5.56 Å². The van der Waals surface area contributed by atoms with Gasteiger partial charge in [0.15, 0.2) is 6.29 Å². The van der Waals surface area contributed by atoms with Crippen LogP contribution in [0.2, 0.25) is 0 Å². The fraction of sp³-hybridized carbons (Fsp3) is 0. The van der Waals surface area contributed by atoms with Crippen LogP contribution in [0.4, 0.5) is 0 Å². The van der Waals surface area contributed by atoms with E-state index in [2.05, 4.69) is 4.42 Å². The summed E-state index contributed by atoms with van der Waals surface area (Å²) < 4.78 is 14.9. The van der Waals surface area contributed by atoms with Crippen molar-refractivity contribution >= 4 is 19.4 Å². The molecule has 0 aliphatic carbocycles. The minimum absolute atomic E-state index is 0.113. The molecule has 11 heavy (non-hydrogen) atoms. The summed E-state index contributed by atoms with van der Waals surface area (Å²) in [5.74, 6) is 0. The lowest BCUT2D eigenvalue weighted by atomic mass is 10.4. The van der Waals surface area contributed by atoms with Gasteiger partial charge >= 0.3 is 7.60 Å². The molecule has 2 N–H and O–H groups in total. The van der Waals surface area contributed by atoms with E-state index < -0.39 is 13.1 Å². The van der Waals surface area contributed by atoms with Crippen LogP contribution in [-0.2, 0) is 4.57 Å². The van der Waals surface area contributed by atoms with Crippen LogP contribution < -0.4 is 5.50 Å². The Bertz CT molecular complexity index is 308. The zero-order valence-electron chi connectivity index (χ0n) is 5.30. The fourth-order valence-electron chi connectivity index (χ4n) is 0.638. The Kier molecular flexibility index (Phi) is 1.95. The minimum Gasteiger partial charge on any atom is -0.456 e. The van der Waals surface area contributed by atoms with Crippen LogP contribution >= 0.6 is 7.60 Å². The Morgan fingerprint density at radius 3 is 2.55 bits per heavy atom.